The average molecular weight is 338 g/mol. The zero-order valence-electron chi connectivity index (χ0n) is 12.4. The first-order valence-electron chi connectivity index (χ1n) is 7.63. The fraction of sp³-hybridized carbons (Fsp3) is 0.588. The van der Waals surface area contributed by atoms with E-state index in [-0.39, 0.29) is 0 Å². The lowest BCUT2D eigenvalue weighted by atomic mass is 10.1. The van der Waals surface area contributed by atoms with Gasteiger partial charge in [0.15, 0.2) is 0 Å². The van der Waals surface area contributed by atoms with Gasteiger partial charge in [-0.05, 0) is 59.3 Å². The molecule has 0 heterocycles. The van der Waals surface area contributed by atoms with Crippen LogP contribution in [0, 0.1) is 5.92 Å². The fourth-order valence-corrected chi connectivity index (χ4v) is 3.57. The second kappa shape index (κ2) is 7.26. The van der Waals surface area contributed by atoms with Gasteiger partial charge in [0, 0.05) is 22.6 Å². The van der Waals surface area contributed by atoms with Crippen LogP contribution < -0.4 is 4.90 Å². The number of hydrogen-bond acceptors (Lipinski definition) is 2. The van der Waals surface area contributed by atoms with Crippen LogP contribution in [0.1, 0.15) is 56.3 Å². The van der Waals surface area contributed by atoms with Crippen molar-refractivity contribution in [1.29, 1.82) is 0 Å². The van der Waals surface area contributed by atoms with Crippen LogP contribution in [-0.2, 0) is 0 Å². The number of halogens is 1. The van der Waals surface area contributed by atoms with E-state index in [2.05, 4.69) is 40.7 Å². The lowest BCUT2D eigenvalue weighted by Gasteiger charge is -2.33. The highest BCUT2D eigenvalue weighted by molar-refractivity contribution is 9.10. The average Bonchev–Trinajstić information content (AvgIpc) is 2.94. The third-order valence-corrected chi connectivity index (χ3v) is 4.77. The van der Waals surface area contributed by atoms with Gasteiger partial charge in [0.05, 0.1) is 5.69 Å². The van der Waals surface area contributed by atoms with E-state index in [1.807, 2.05) is 12.1 Å². The van der Waals surface area contributed by atoms with E-state index in [4.69, 9.17) is 0 Å². The number of benzene rings is 1. The van der Waals surface area contributed by atoms with Gasteiger partial charge in [0.2, 0.25) is 0 Å². The number of hydrogen-bond donors (Lipinski definition) is 0. The molecule has 3 heteroatoms. The summed E-state index contributed by atoms with van der Waals surface area (Å²) in [6.07, 6.45) is 7.38. The van der Waals surface area contributed by atoms with E-state index >= 15 is 0 Å². The van der Waals surface area contributed by atoms with Crippen LogP contribution in [0.25, 0.3) is 0 Å². The maximum atomic E-state index is 10.9. The maximum absolute atomic E-state index is 10.9. The quantitative estimate of drug-likeness (QED) is 0.676. The minimum absolute atomic E-state index is 0.659. The summed E-state index contributed by atoms with van der Waals surface area (Å²) in [7, 11) is 0. The summed E-state index contributed by atoms with van der Waals surface area (Å²) in [5.41, 5.74) is 1.97. The van der Waals surface area contributed by atoms with E-state index in [0.717, 1.165) is 22.9 Å². The minimum atomic E-state index is 0.659. The Morgan fingerprint density at radius 1 is 1.35 bits per heavy atom. The van der Waals surface area contributed by atoms with Gasteiger partial charge >= 0.3 is 0 Å². The molecule has 20 heavy (non-hydrogen) atoms. The largest absolute Gasteiger partial charge is 0.368 e. The molecule has 2 rings (SSSR count). The SMILES string of the molecule is CC(C)CCN(c1ccc(C=O)cc1Br)C1CCCC1. The Morgan fingerprint density at radius 3 is 2.60 bits per heavy atom. The zero-order valence-corrected chi connectivity index (χ0v) is 14.0. The van der Waals surface area contributed by atoms with Gasteiger partial charge in [0.1, 0.15) is 6.29 Å². The van der Waals surface area contributed by atoms with Crippen molar-refractivity contribution in [3.8, 4) is 0 Å². The molecule has 2 nitrogen and oxygen atoms in total. The summed E-state index contributed by atoms with van der Waals surface area (Å²) < 4.78 is 1.04. The minimum Gasteiger partial charge on any atom is -0.368 e. The molecule has 0 aromatic heterocycles. The van der Waals surface area contributed by atoms with E-state index in [1.54, 1.807) is 0 Å². The molecule has 0 bridgehead atoms. The second-order valence-electron chi connectivity index (χ2n) is 6.14. The van der Waals surface area contributed by atoms with Crippen molar-refractivity contribution >= 4 is 27.9 Å². The van der Waals surface area contributed by atoms with Crippen LogP contribution in [0.15, 0.2) is 22.7 Å². The van der Waals surface area contributed by atoms with Crippen molar-refractivity contribution < 1.29 is 4.79 Å². The normalized spacial score (nSPS) is 15.8. The predicted molar refractivity (Wildman–Crippen MR) is 88.6 cm³/mol. The smallest absolute Gasteiger partial charge is 0.150 e. The van der Waals surface area contributed by atoms with Crippen LogP contribution in [0.5, 0.6) is 0 Å². The summed E-state index contributed by atoms with van der Waals surface area (Å²) in [5.74, 6) is 0.715. The molecule has 1 aromatic carbocycles. The number of carbonyl (C=O) groups excluding carboxylic acids is 1. The molecular formula is C17H24BrNO. The van der Waals surface area contributed by atoms with Crippen LogP contribution in [-0.4, -0.2) is 18.9 Å². The van der Waals surface area contributed by atoms with Crippen molar-refractivity contribution in [2.45, 2.75) is 52.0 Å². The first-order valence-corrected chi connectivity index (χ1v) is 8.42. The topological polar surface area (TPSA) is 20.3 Å². The molecule has 1 aromatic rings. The van der Waals surface area contributed by atoms with E-state index in [0.29, 0.717) is 12.0 Å². The van der Waals surface area contributed by atoms with Gasteiger partial charge in [-0.1, -0.05) is 26.7 Å². The molecule has 0 N–H and O–H groups in total. The monoisotopic (exact) mass is 337 g/mol. The fourth-order valence-electron chi connectivity index (χ4n) is 2.94. The maximum Gasteiger partial charge on any atom is 0.150 e. The summed E-state index contributed by atoms with van der Waals surface area (Å²) in [4.78, 5) is 13.4. The molecule has 110 valence electrons. The van der Waals surface area contributed by atoms with Gasteiger partial charge in [-0.15, -0.1) is 0 Å². The van der Waals surface area contributed by atoms with Crippen molar-refractivity contribution in [3.05, 3.63) is 28.2 Å². The summed E-state index contributed by atoms with van der Waals surface area (Å²) >= 11 is 3.64. The highest BCUT2D eigenvalue weighted by atomic mass is 79.9. The zero-order chi connectivity index (χ0) is 14.5. The molecule has 0 aliphatic heterocycles. The number of anilines is 1. The number of nitrogens with zero attached hydrogens (tertiary/aromatic N) is 1. The van der Waals surface area contributed by atoms with Gasteiger partial charge in [-0.2, -0.15) is 0 Å². The van der Waals surface area contributed by atoms with Gasteiger partial charge < -0.3 is 4.90 Å². The standard InChI is InChI=1S/C17H24BrNO/c1-13(2)9-10-19(15-5-3-4-6-15)17-8-7-14(12-20)11-16(17)18/h7-8,11-13,15H,3-6,9-10H2,1-2H3. The van der Waals surface area contributed by atoms with E-state index < -0.39 is 0 Å². The molecule has 1 saturated carbocycles. The van der Waals surface area contributed by atoms with Crippen molar-refractivity contribution in [1.82, 2.24) is 0 Å². The molecule has 1 fully saturated rings. The molecule has 1 aliphatic rings. The van der Waals surface area contributed by atoms with Crippen LogP contribution >= 0.6 is 15.9 Å². The first-order chi connectivity index (χ1) is 9.61. The Kier molecular flexibility index (Phi) is 5.64. The van der Waals surface area contributed by atoms with E-state index in [9.17, 15) is 4.79 Å². The molecule has 0 unspecified atom stereocenters. The summed E-state index contributed by atoms with van der Waals surface area (Å²) in [6, 6.07) is 6.60. The summed E-state index contributed by atoms with van der Waals surface area (Å²) in [6.45, 7) is 5.65. The Balaban J connectivity index is 2.22. The van der Waals surface area contributed by atoms with Crippen LogP contribution in [0.4, 0.5) is 5.69 Å². The Labute approximate surface area is 130 Å². The Bertz CT molecular complexity index is 452. The highest BCUT2D eigenvalue weighted by Gasteiger charge is 2.24. The van der Waals surface area contributed by atoms with Crippen molar-refractivity contribution in [2.24, 2.45) is 5.92 Å². The van der Waals surface area contributed by atoms with Gasteiger partial charge in [-0.3, -0.25) is 4.79 Å². The molecule has 0 saturated heterocycles. The Hall–Kier alpha value is -0.830. The van der Waals surface area contributed by atoms with Gasteiger partial charge in [0.25, 0.3) is 0 Å². The Morgan fingerprint density at radius 2 is 2.05 bits per heavy atom. The van der Waals surface area contributed by atoms with Crippen molar-refractivity contribution in [3.63, 3.8) is 0 Å². The lowest BCUT2D eigenvalue weighted by Crippen LogP contribution is -2.35. The molecule has 1 aliphatic carbocycles. The highest BCUT2D eigenvalue weighted by Crippen LogP contribution is 2.34. The molecular weight excluding hydrogens is 314 g/mol. The lowest BCUT2D eigenvalue weighted by molar-refractivity contribution is 0.112. The number of aldehydes is 1. The molecule has 0 amide bonds. The first kappa shape index (κ1) is 15.6. The van der Waals surface area contributed by atoms with Crippen molar-refractivity contribution in [2.75, 3.05) is 11.4 Å². The molecule has 0 spiro atoms. The van der Waals surface area contributed by atoms with Crippen LogP contribution in [0.3, 0.4) is 0 Å². The third kappa shape index (κ3) is 3.85. The second-order valence-corrected chi connectivity index (χ2v) is 7.00. The summed E-state index contributed by atoms with van der Waals surface area (Å²) in [5, 5.41) is 0. The molecule has 0 atom stereocenters. The predicted octanol–water partition coefficient (Wildman–Crippen LogP) is 5.06. The number of rotatable bonds is 6. The third-order valence-electron chi connectivity index (χ3n) is 4.13. The number of carbonyl (C=O) groups is 1. The van der Waals surface area contributed by atoms with E-state index in [1.165, 1.54) is 37.8 Å². The van der Waals surface area contributed by atoms with Gasteiger partial charge in [-0.25, -0.2) is 0 Å². The molecule has 0 radical (unpaired) electrons. The van der Waals surface area contributed by atoms with Crippen LogP contribution in [0.2, 0.25) is 0 Å².